The molecular formula is C14H23N3O2. The zero-order valence-corrected chi connectivity index (χ0v) is 11.4. The highest BCUT2D eigenvalue weighted by atomic mass is 16.5. The molecule has 1 aliphatic carbocycles. The van der Waals surface area contributed by atoms with Gasteiger partial charge in [0.25, 0.3) is 0 Å². The van der Waals surface area contributed by atoms with Gasteiger partial charge in [0.15, 0.2) is 0 Å². The minimum atomic E-state index is 0.126. The van der Waals surface area contributed by atoms with E-state index >= 15 is 0 Å². The number of piperidine rings is 1. The maximum absolute atomic E-state index is 8.76. The van der Waals surface area contributed by atoms with Gasteiger partial charge in [0.05, 0.1) is 31.3 Å². The topological polar surface area (TPSA) is 50.5 Å². The van der Waals surface area contributed by atoms with Crippen LogP contribution in [0.2, 0.25) is 0 Å². The van der Waals surface area contributed by atoms with Gasteiger partial charge < -0.3 is 14.4 Å². The van der Waals surface area contributed by atoms with Crippen molar-refractivity contribution >= 4 is 0 Å². The van der Waals surface area contributed by atoms with Gasteiger partial charge in [0.2, 0.25) is 0 Å². The molecule has 0 unspecified atom stereocenters. The smallest absolute Gasteiger partial charge is 0.0951 e. The van der Waals surface area contributed by atoms with Crippen LogP contribution < -0.4 is 0 Å². The van der Waals surface area contributed by atoms with Crippen molar-refractivity contribution in [3.05, 3.63) is 18.2 Å². The van der Waals surface area contributed by atoms with Crippen molar-refractivity contribution in [2.24, 2.45) is 0 Å². The zero-order valence-electron chi connectivity index (χ0n) is 11.4. The molecule has 0 atom stereocenters. The van der Waals surface area contributed by atoms with Crippen molar-refractivity contribution in [2.75, 3.05) is 26.3 Å². The highest BCUT2D eigenvalue weighted by molar-refractivity contribution is 5.03. The summed E-state index contributed by atoms with van der Waals surface area (Å²) in [6, 6.07) is 0.711. The van der Waals surface area contributed by atoms with Crippen LogP contribution in [-0.2, 0) is 11.3 Å². The molecule has 1 N–H and O–H groups in total. The average Bonchev–Trinajstić information content (AvgIpc) is 3.19. The lowest BCUT2D eigenvalue weighted by Crippen LogP contribution is -2.37. The van der Waals surface area contributed by atoms with E-state index in [1.165, 1.54) is 18.5 Å². The van der Waals surface area contributed by atoms with Gasteiger partial charge >= 0.3 is 0 Å². The Labute approximate surface area is 114 Å². The summed E-state index contributed by atoms with van der Waals surface area (Å²) in [6.07, 6.45) is 9.06. The Morgan fingerprint density at radius 2 is 2.05 bits per heavy atom. The summed E-state index contributed by atoms with van der Waals surface area (Å²) < 4.78 is 7.93. The minimum Gasteiger partial charge on any atom is -0.394 e. The lowest BCUT2D eigenvalue weighted by atomic mass is 10.1. The average molecular weight is 265 g/mol. The molecule has 2 heterocycles. The number of ether oxygens (including phenoxy) is 1. The Hall–Kier alpha value is -0.910. The van der Waals surface area contributed by atoms with Crippen LogP contribution in [0.1, 0.15) is 37.4 Å². The second kappa shape index (κ2) is 6.03. The molecule has 5 nitrogen and oxygen atoms in total. The molecule has 106 valence electrons. The molecule has 0 amide bonds. The Morgan fingerprint density at radius 1 is 1.26 bits per heavy atom. The number of nitrogens with zero attached hydrogens (tertiary/aromatic N) is 3. The molecule has 2 aliphatic rings. The fraction of sp³-hybridized carbons (Fsp3) is 0.786. The number of rotatable bonds is 6. The van der Waals surface area contributed by atoms with E-state index in [1.54, 1.807) is 0 Å². The Morgan fingerprint density at radius 3 is 2.74 bits per heavy atom. The summed E-state index contributed by atoms with van der Waals surface area (Å²) in [5.41, 5.74) is 1.34. The number of aliphatic hydroxyl groups excluding tert-OH is 1. The lowest BCUT2D eigenvalue weighted by molar-refractivity contribution is -0.00933. The fourth-order valence-corrected chi connectivity index (χ4v) is 2.82. The number of imidazole rings is 1. The van der Waals surface area contributed by atoms with Crippen LogP contribution in [0.25, 0.3) is 0 Å². The molecule has 1 aromatic rings. The van der Waals surface area contributed by atoms with E-state index in [-0.39, 0.29) is 6.61 Å². The molecule has 2 fully saturated rings. The summed E-state index contributed by atoms with van der Waals surface area (Å²) in [5, 5.41) is 8.76. The van der Waals surface area contributed by atoms with Gasteiger partial charge in [-0.05, 0) is 25.7 Å². The minimum absolute atomic E-state index is 0.126. The van der Waals surface area contributed by atoms with Crippen LogP contribution in [0, 0.1) is 0 Å². The molecule has 19 heavy (non-hydrogen) atoms. The zero-order chi connectivity index (χ0) is 13.1. The molecule has 5 heteroatoms. The summed E-state index contributed by atoms with van der Waals surface area (Å²) >= 11 is 0. The van der Waals surface area contributed by atoms with Crippen molar-refractivity contribution in [1.82, 2.24) is 14.5 Å². The highest BCUT2D eigenvalue weighted by Crippen LogP contribution is 2.35. The lowest BCUT2D eigenvalue weighted by Gasteiger charge is -2.31. The Balaban J connectivity index is 1.47. The summed E-state index contributed by atoms with van der Waals surface area (Å²) in [5.74, 6) is 0. The van der Waals surface area contributed by atoms with E-state index in [9.17, 15) is 0 Å². The van der Waals surface area contributed by atoms with Gasteiger partial charge in [-0.15, -0.1) is 0 Å². The van der Waals surface area contributed by atoms with E-state index in [4.69, 9.17) is 9.84 Å². The summed E-state index contributed by atoms with van der Waals surface area (Å²) in [4.78, 5) is 6.77. The van der Waals surface area contributed by atoms with Gasteiger partial charge in [-0.3, -0.25) is 4.90 Å². The van der Waals surface area contributed by atoms with E-state index in [2.05, 4.69) is 14.5 Å². The van der Waals surface area contributed by atoms with E-state index in [0.717, 1.165) is 32.5 Å². The van der Waals surface area contributed by atoms with Crippen molar-refractivity contribution in [3.63, 3.8) is 0 Å². The normalized spacial score (nSPS) is 21.9. The fourth-order valence-electron chi connectivity index (χ4n) is 2.82. The van der Waals surface area contributed by atoms with Crippen LogP contribution >= 0.6 is 0 Å². The van der Waals surface area contributed by atoms with Gasteiger partial charge in [-0.2, -0.15) is 0 Å². The van der Waals surface area contributed by atoms with Gasteiger partial charge in [-0.1, -0.05) is 0 Å². The van der Waals surface area contributed by atoms with Crippen molar-refractivity contribution in [3.8, 4) is 0 Å². The molecule has 0 spiro atoms. The van der Waals surface area contributed by atoms with Gasteiger partial charge in [-0.25, -0.2) is 4.98 Å². The quantitative estimate of drug-likeness (QED) is 0.839. The maximum Gasteiger partial charge on any atom is 0.0951 e. The first-order valence-electron chi connectivity index (χ1n) is 7.32. The largest absolute Gasteiger partial charge is 0.394 e. The first-order valence-corrected chi connectivity index (χ1v) is 7.32. The third-order valence-electron chi connectivity index (χ3n) is 4.05. The van der Waals surface area contributed by atoms with E-state index in [0.29, 0.717) is 18.8 Å². The van der Waals surface area contributed by atoms with Crippen molar-refractivity contribution in [1.29, 1.82) is 0 Å². The number of aromatic nitrogens is 2. The Kier molecular flexibility index (Phi) is 4.15. The molecule has 0 bridgehead atoms. The van der Waals surface area contributed by atoms with Crippen LogP contribution in [0.4, 0.5) is 0 Å². The third kappa shape index (κ3) is 3.35. The predicted octanol–water partition coefficient (Wildman–Crippen LogP) is 1.19. The predicted molar refractivity (Wildman–Crippen MR) is 71.8 cm³/mol. The molecule has 0 radical (unpaired) electrons. The van der Waals surface area contributed by atoms with Crippen LogP contribution in [0.5, 0.6) is 0 Å². The van der Waals surface area contributed by atoms with Crippen molar-refractivity contribution < 1.29 is 9.84 Å². The number of likely N-dealkylation sites (tertiary alicyclic amines) is 1. The molecule has 1 saturated carbocycles. The van der Waals surface area contributed by atoms with Crippen LogP contribution in [0.3, 0.4) is 0 Å². The second-order valence-electron chi connectivity index (χ2n) is 5.59. The maximum atomic E-state index is 8.76. The van der Waals surface area contributed by atoms with Crippen molar-refractivity contribution in [2.45, 2.75) is 44.4 Å². The van der Waals surface area contributed by atoms with E-state index < -0.39 is 0 Å². The molecule has 1 saturated heterocycles. The summed E-state index contributed by atoms with van der Waals surface area (Å²) in [6.45, 7) is 3.75. The second-order valence-corrected chi connectivity index (χ2v) is 5.59. The molecule has 1 aromatic heterocycles. The van der Waals surface area contributed by atoms with Gasteiger partial charge in [0.1, 0.15) is 0 Å². The first kappa shape index (κ1) is 13.1. The molecule has 0 aromatic carbocycles. The van der Waals surface area contributed by atoms with Gasteiger partial charge in [0, 0.05) is 31.9 Å². The standard InChI is InChI=1S/C14H23N3O2/c18-7-8-19-14-3-5-16(6-4-14)10-13-9-15-11-17(13)12-1-2-12/h9,11-12,14,18H,1-8,10H2. The summed E-state index contributed by atoms with van der Waals surface area (Å²) in [7, 11) is 0. The monoisotopic (exact) mass is 265 g/mol. The Bertz CT molecular complexity index is 395. The third-order valence-corrected chi connectivity index (χ3v) is 4.05. The molecular weight excluding hydrogens is 242 g/mol. The number of hydrogen-bond donors (Lipinski definition) is 1. The highest BCUT2D eigenvalue weighted by Gasteiger charge is 2.26. The van der Waals surface area contributed by atoms with Crippen LogP contribution in [0.15, 0.2) is 12.5 Å². The number of aliphatic hydroxyl groups is 1. The molecule has 3 rings (SSSR count). The molecule has 1 aliphatic heterocycles. The van der Waals surface area contributed by atoms with Crippen LogP contribution in [-0.4, -0.2) is 52.0 Å². The first-order chi connectivity index (χ1) is 9.36. The SMILES string of the molecule is OCCOC1CCN(Cc2cncn2C2CC2)CC1. The van der Waals surface area contributed by atoms with E-state index in [1.807, 2.05) is 12.5 Å². The number of hydrogen-bond acceptors (Lipinski definition) is 4.